The van der Waals surface area contributed by atoms with Crippen molar-refractivity contribution in [3.8, 4) is 0 Å². The molecule has 1 amide bonds. The van der Waals surface area contributed by atoms with Crippen LogP contribution < -0.4 is 5.32 Å². The molecular formula is C20H21N3O2. The molecule has 25 heavy (non-hydrogen) atoms. The first kappa shape index (κ1) is 16.9. The van der Waals surface area contributed by atoms with E-state index in [9.17, 15) is 4.79 Å². The van der Waals surface area contributed by atoms with Crippen LogP contribution in [-0.4, -0.2) is 16.0 Å². The minimum absolute atomic E-state index is 0.0272. The normalized spacial score (nSPS) is 11.9. The second kappa shape index (κ2) is 8.24. The standard InChI is InChI=1S/C20H21N3O2/c1-15-21-20(25-23-15)13-12-19(24)22-18(17-10-6-3-7-11-17)14-16-8-4-2-5-9-16/h2-11,18H,12-14H2,1H3,(H,22,24). The molecule has 128 valence electrons. The Labute approximate surface area is 147 Å². The van der Waals surface area contributed by atoms with E-state index in [0.29, 0.717) is 24.6 Å². The van der Waals surface area contributed by atoms with Crippen molar-refractivity contribution in [2.24, 2.45) is 0 Å². The fourth-order valence-corrected chi connectivity index (χ4v) is 2.72. The number of amides is 1. The highest BCUT2D eigenvalue weighted by Gasteiger charge is 2.16. The van der Waals surface area contributed by atoms with Gasteiger partial charge in [-0.15, -0.1) is 0 Å². The number of nitrogens with zero attached hydrogens (tertiary/aromatic N) is 2. The van der Waals surface area contributed by atoms with Gasteiger partial charge in [-0.1, -0.05) is 65.8 Å². The number of carbonyl (C=O) groups is 1. The van der Waals surface area contributed by atoms with Gasteiger partial charge in [-0.3, -0.25) is 4.79 Å². The van der Waals surface area contributed by atoms with E-state index in [4.69, 9.17) is 4.52 Å². The van der Waals surface area contributed by atoms with E-state index in [0.717, 1.165) is 12.0 Å². The summed E-state index contributed by atoms with van der Waals surface area (Å²) in [5.41, 5.74) is 2.28. The summed E-state index contributed by atoms with van der Waals surface area (Å²) in [5.74, 6) is 1.05. The Balaban J connectivity index is 1.65. The summed E-state index contributed by atoms with van der Waals surface area (Å²) in [7, 11) is 0. The molecule has 3 rings (SSSR count). The van der Waals surface area contributed by atoms with Gasteiger partial charge in [0.1, 0.15) is 0 Å². The van der Waals surface area contributed by atoms with Gasteiger partial charge in [-0.05, 0) is 24.5 Å². The second-order valence-electron chi connectivity index (χ2n) is 5.96. The Kier molecular flexibility index (Phi) is 5.57. The lowest BCUT2D eigenvalue weighted by atomic mass is 9.98. The lowest BCUT2D eigenvalue weighted by Gasteiger charge is -2.19. The molecule has 0 spiro atoms. The highest BCUT2D eigenvalue weighted by molar-refractivity contribution is 5.76. The SMILES string of the molecule is Cc1noc(CCC(=O)NC(Cc2ccccc2)c2ccccc2)n1. The minimum atomic E-state index is -0.0690. The second-order valence-corrected chi connectivity index (χ2v) is 5.96. The quantitative estimate of drug-likeness (QED) is 0.718. The fourth-order valence-electron chi connectivity index (χ4n) is 2.72. The van der Waals surface area contributed by atoms with E-state index in [1.54, 1.807) is 6.92 Å². The van der Waals surface area contributed by atoms with Gasteiger partial charge in [0.2, 0.25) is 11.8 Å². The van der Waals surface area contributed by atoms with Crippen LogP contribution >= 0.6 is 0 Å². The van der Waals surface area contributed by atoms with E-state index >= 15 is 0 Å². The lowest BCUT2D eigenvalue weighted by molar-refractivity contribution is -0.121. The molecule has 1 aromatic heterocycles. The molecule has 1 N–H and O–H groups in total. The average molecular weight is 335 g/mol. The summed E-state index contributed by atoms with van der Waals surface area (Å²) in [6, 6.07) is 20.1. The number of carbonyl (C=O) groups excluding carboxylic acids is 1. The van der Waals surface area contributed by atoms with Crippen LogP contribution in [0.5, 0.6) is 0 Å². The van der Waals surface area contributed by atoms with Crippen molar-refractivity contribution in [1.29, 1.82) is 0 Å². The van der Waals surface area contributed by atoms with Crippen molar-refractivity contribution in [2.45, 2.75) is 32.2 Å². The number of aryl methyl sites for hydroxylation is 2. The number of nitrogens with one attached hydrogen (secondary N) is 1. The van der Waals surface area contributed by atoms with Gasteiger partial charge >= 0.3 is 0 Å². The zero-order valence-corrected chi connectivity index (χ0v) is 14.2. The summed E-state index contributed by atoms with van der Waals surface area (Å²) in [6.45, 7) is 1.76. The summed E-state index contributed by atoms with van der Waals surface area (Å²) < 4.78 is 5.06. The predicted octanol–water partition coefficient (Wildman–Crippen LogP) is 3.41. The Morgan fingerprint density at radius 2 is 1.76 bits per heavy atom. The molecule has 0 saturated heterocycles. The summed E-state index contributed by atoms with van der Waals surface area (Å²) in [5, 5.41) is 6.87. The van der Waals surface area contributed by atoms with Crippen LogP contribution in [0.25, 0.3) is 0 Å². The van der Waals surface area contributed by atoms with Crippen LogP contribution in [0.4, 0.5) is 0 Å². The van der Waals surface area contributed by atoms with Crippen molar-refractivity contribution in [3.05, 3.63) is 83.5 Å². The first-order valence-corrected chi connectivity index (χ1v) is 8.38. The molecule has 1 unspecified atom stereocenters. The third-order valence-electron chi connectivity index (χ3n) is 3.96. The molecule has 2 aromatic carbocycles. The predicted molar refractivity (Wildman–Crippen MR) is 94.8 cm³/mol. The van der Waals surface area contributed by atoms with Crippen LogP contribution in [0.2, 0.25) is 0 Å². The fraction of sp³-hybridized carbons (Fsp3) is 0.250. The molecule has 3 aromatic rings. The molecule has 0 aliphatic carbocycles. The Hall–Kier alpha value is -2.95. The number of benzene rings is 2. The topological polar surface area (TPSA) is 68.0 Å². The van der Waals surface area contributed by atoms with E-state index in [2.05, 4.69) is 27.6 Å². The van der Waals surface area contributed by atoms with E-state index < -0.39 is 0 Å². The molecule has 1 heterocycles. The number of rotatable bonds is 7. The van der Waals surface area contributed by atoms with Gasteiger partial charge in [-0.25, -0.2) is 0 Å². The Bertz CT molecular complexity index is 800. The lowest BCUT2D eigenvalue weighted by Crippen LogP contribution is -2.30. The molecule has 5 nitrogen and oxygen atoms in total. The minimum Gasteiger partial charge on any atom is -0.349 e. The van der Waals surface area contributed by atoms with Gasteiger partial charge in [0, 0.05) is 12.8 Å². The molecule has 5 heteroatoms. The van der Waals surface area contributed by atoms with Gasteiger partial charge in [-0.2, -0.15) is 4.98 Å². The summed E-state index contributed by atoms with van der Waals surface area (Å²) in [6.07, 6.45) is 1.51. The molecule has 0 radical (unpaired) electrons. The van der Waals surface area contributed by atoms with E-state index in [1.807, 2.05) is 48.5 Å². The maximum atomic E-state index is 12.4. The smallest absolute Gasteiger partial charge is 0.227 e. The zero-order chi connectivity index (χ0) is 17.5. The summed E-state index contributed by atoms with van der Waals surface area (Å²) >= 11 is 0. The van der Waals surface area contributed by atoms with Crippen molar-refractivity contribution in [1.82, 2.24) is 15.5 Å². The highest BCUT2D eigenvalue weighted by atomic mass is 16.5. The first-order chi connectivity index (χ1) is 12.2. The number of hydrogen-bond acceptors (Lipinski definition) is 4. The Morgan fingerprint density at radius 1 is 1.08 bits per heavy atom. The van der Waals surface area contributed by atoms with Crippen molar-refractivity contribution < 1.29 is 9.32 Å². The van der Waals surface area contributed by atoms with E-state index in [1.165, 1.54) is 5.56 Å². The molecule has 1 atom stereocenters. The van der Waals surface area contributed by atoms with Crippen LogP contribution in [0.1, 0.15) is 35.3 Å². The van der Waals surface area contributed by atoms with Gasteiger partial charge in [0.05, 0.1) is 6.04 Å². The average Bonchev–Trinajstić information content (AvgIpc) is 3.06. The van der Waals surface area contributed by atoms with Gasteiger partial charge in [0.25, 0.3) is 0 Å². The monoisotopic (exact) mass is 335 g/mol. The molecule has 0 aliphatic heterocycles. The summed E-state index contributed by atoms with van der Waals surface area (Å²) in [4.78, 5) is 16.5. The number of aromatic nitrogens is 2. The first-order valence-electron chi connectivity index (χ1n) is 8.38. The third-order valence-corrected chi connectivity index (χ3v) is 3.96. The Morgan fingerprint density at radius 3 is 2.40 bits per heavy atom. The maximum Gasteiger partial charge on any atom is 0.227 e. The zero-order valence-electron chi connectivity index (χ0n) is 14.2. The highest BCUT2D eigenvalue weighted by Crippen LogP contribution is 2.18. The van der Waals surface area contributed by atoms with E-state index in [-0.39, 0.29) is 11.9 Å². The van der Waals surface area contributed by atoms with Crippen molar-refractivity contribution in [3.63, 3.8) is 0 Å². The van der Waals surface area contributed by atoms with Crippen LogP contribution in [0, 0.1) is 6.92 Å². The largest absolute Gasteiger partial charge is 0.349 e. The van der Waals surface area contributed by atoms with Gasteiger partial charge < -0.3 is 9.84 Å². The number of hydrogen-bond donors (Lipinski definition) is 1. The molecule has 0 fully saturated rings. The van der Waals surface area contributed by atoms with Crippen LogP contribution in [-0.2, 0) is 17.6 Å². The van der Waals surface area contributed by atoms with Crippen LogP contribution in [0.3, 0.4) is 0 Å². The molecule has 0 aliphatic rings. The molecule has 0 bridgehead atoms. The van der Waals surface area contributed by atoms with Crippen molar-refractivity contribution >= 4 is 5.91 Å². The third kappa shape index (κ3) is 5.01. The molecule has 0 saturated carbocycles. The van der Waals surface area contributed by atoms with Crippen molar-refractivity contribution in [2.75, 3.05) is 0 Å². The maximum absolute atomic E-state index is 12.4. The van der Waals surface area contributed by atoms with Crippen LogP contribution in [0.15, 0.2) is 65.2 Å². The molecular weight excluding hydrogens is 314 g/mol. The van der Waals surface area contributed by atoms with Gasteiger partial charge in [0.15, 0.2) is 5.82 Å².